The Morgan fingerprint density at radius 1 is 1.09 bits per heavy atom. The van der Waals surface area contributed by atoms with Gasteiger partial charge in [0, 0.05) is 12.2 Å². The van der Waals surface area contributed by atoms with Gasteiger partial charge >= 0.3 is 0 Å². The molecule has 5 rings (SSSR count). The van der Waals surface area contributed by atoms with E-state index in [2.05, 4.69) is 10.6 Å². The molecule has 2 aromatic carbocycles. The monoisotopic (exact) mass is 469 g/mol. The zero-order valence-electron chi connectivity index (χ0n) is 17.7. The van der Waals surface area contributed by atoms with E-state index in [9.17, 15) is 19.5 Å². The number of carbonyl (C=O) groups is 3. The summed E-state index contributed by atoms with van der Waals surface area (Å²) in [7, 11) is 0. The third kappa shape index (κ3) is 3.49. The number of hydrogen-bond acceptors (Lipinski definition) is 5. The molecule has 3 heterocycles. The van der Waals surface area contributed by atoms with Crippen molar-refractivity contribution < 1.29 is 24.2 Å². The summed E-state index contributed by atoms with van der Waals surface area (Å²) in [5.74, 6) is -2.61. The quantitative estimate of drug-likeness (QED) is 0.601. The highest BCUT2D eigenvalue weighted by Gasteiger charge is 2.74. The number of anilines is 2. The molecule has 0 aromatic heterocycles. The number of likely N-dealkylation sites (tertiary alicyclic amines) is 1. The number of rotatable bonds is 6. The molecule has 2 bridgehead atoms. The minimum absolute atomic E-state index is 0.0290. The number of β-amino-alcohol motifs (C(OH)–C–C–N with tert-alkyl or cyclic N) is 1. The van der Waals surface area contributed by atoms with E-state index in [4.69, 9.17) is 16.3 Å². The van der Waals surface area contributed by atoms with Crippen LogP contribution in [0.25, 0.3) is 0 Å². The van der Waals surface area contributed by atoms with Crippen LogP contribution in [-0.4, -0.2) is 58.6 Å². The number of amides is 3. The Balaban J connectivity index is 1.46. The highest BCUT2D eigenvalue weighted by Crippen LogP contribution is 2.58. The molecule has 0 saturated carbocycles. The average molecular weight is 470 g/mol. The summed E-state index contributed by atoms with van der Waals surface area (Å²) in [5, 5.41) is 15.7. The van der Waals surface area contributed by atoms with Gasteiger partial charge in [0.25, 0.3) is 0 Å². The summed E-state index contributed by atoms with van der Waals surface area (Å²) in [6.45, 7) is -0.340. The van der Waals surface area contributed by atoms with Crippen LogP contribution in [0.2, 0.25) is 5.02 Å². The van der Waals surface area contributed by atoms with Crippen molar-refractivity contribution in [3.8, 4) is 0 Å². The number of ether oxygens (including phenoxy) is 1. The molecule has 5 atom stereocenters. The van der Waals surface area contributed by atoms with E-state index >= 15 is 0 Å². The number of hydrogen-bond donors (Lipinski definition) is 3. The van der Waals surface area contributed by atoms with E-state index in [1.165, 1.54) is 4.90 Å². The van der Waals surface area contributed by atoms with E-state index in [0.717, 1.165) is 0 Å². The zero-order valence-corrected chi connectivity index (χ0v) is 18.5. The molecule has 2 aromatic rings. The molecule has 3 fully saturated rings. The summed E-state index contributed by atoms with van der Waals surface area (Å²) in [6.07, 6.45) is 0.597. The molecule has 3 saturated heterocycles. The van der Waals surface area contributed by atoms with Crippen LogP contribution in [0.5, 0.6) is 0 Å². The Hall–Kier alpha value is -2.94. The predicted molar refractivity (Wildman–Crippen MR) is 122 cm³/mol. The van der Waals surface area contributed by atoms with Crippen molar-refractivity contribution in [3.05, 3.63) is 59.6 Å². The highest BCUT2D eigenvalue weighted by molar-refractivity contribution is 6.33. The molecule has 3 aliphatic heterocycles. The zero-order chi connectivity index (χ0) is 23.2. The number of aliphatic hydroxyl groups excluding tert-OH is 1. The van der Waals surface area contributed by atoms with Gasteiger partial charge in [-0.1, -0.05) is 41.9 Å². The molecule has 2 unspecified atom stereocenters. The lowest BCUT2D eigenvalue weighted by Gasteiger charge is -2.33. The van der Waals surface area contributed by atoms with Gasteiger partial charge in [-0.15, -0.1) is 0 Å². The number of fused-ring (bicyclic) bond motifs is 1. The lowest BCUT2D eigenvalue weighted by atomic mass is 9.70. The van der Waals surface area contributed by atoms with Crippen LogP contribution < -0.4 is 10.6 Å². The number of aliphatic hydroxyl groups is 1. The van der Waals surface area contributed by atoms with Gasteiger partial charge in [-0.25, -0.2) is 0 Å². The van der Waals surface area contributed by atoms with E-state index in [-0.39, 0.29) is 25.0 Å². The smallest absolute Gasteiger partial charge is 0.250 e. The summed E-state index contributed by atoms with van der Waals surface area (Å²) in [5.41, 5.74) is -0.0719. The van der Waals surface area contributed by atoms with E-state index < -0.39 is 35.5 Å². The molecular weight excluding hydrogens is 446 g/mol. The first-order valence-electron chi connectivity index (χ1n) is 11.0. The van der Waals surface area contributed by atoms with Gasteiger partial charge in [-0.2, -0.15) is 0 Å². The molecular formula is C24H24ClN3O5. The van der Waals surface area contributed by atoms with Gasteiger partial charge in [0.2, 0.25) is 17.7 Å². The topological polar surface area (TPSA) is 108 Å². The standard InChI is InChI=1S/C24H24ClN3O5/c25-15-8-4-5-9-16(15)27-22(31)20-24-11-10-17(33-24)18(19(24)23(32)28(20)12-13-29)21(30)26-14-6-2-1-3-7-14/h1-9,17-20,29H,10-13H2,(H,26,30)(H,27,31)/t17-,18+,19-,20?,24?/m0/s1. The van der Waals surface area contributed by atoms with E-state index in [0.29, 0.717) is 29.2 Å². The fraction of sp³-hybridized carbons (Fsp3) is 0.375. The number of carbonyl (C=O) groups excluding carboxylic acids is 3. The van der Waals surface area contributed by atoms with Crippen molar-refractivity contribution in [1.29, 1.82) is 0 Å². The molecule has 3 aliphatic rings. The molecule has 33 heavy (non-hydrogen) atoms. The normalized spacial score (nSPS) is 29.8. The third-order valence-electron chi connectivity index (χ3n) is 6.87. The molecule has 9 heteroatoms. The van der Waals surface area contributed by atoms with Gasteiger partial charge in [-0.05, 0) is 37.1 Å². The first-order valence-corrected chi connectivity index (χ1v) is 11.3. The fourth-order valence-corrected chi connectivity index (χ4v) is 5.80. The number of nitrogens with zero attached hydrogens (tertiary/aromatic N) is 1. The maximum Gasteiger partial charge on any atom is 0.250 e. The minimum Gasteiger partial charge on any atom is -0.395 e. The largest absolute Gasteiger partial charge is 0.395 e. The molecule has 3 amide bonds. The summed E-state index contributed by atoms with van der Waals surface area (Å²) >= 11 is 6.21. The second-order valence-electron chi connectivity index (χ2n) is 8.64. The Kier molecular flexibility index (Phi) is 5.60. The first kappa shape index (κ1) is 21.9. The maximum absolute atomic E-state index is 13.5. The Morgan fingerprint density at radius 2 is 1.82 bits per heavy atom. The fourth-order valence-electron chi connectivity index (χ4n) is 5.61. The van der Waals surface area contributed by atoms with Crippen LogP contribution in [0.1, 0.15) is 12.8 Å². The van der Waals surface area contributed by atoms with Gasteiger partial charge in [0.1, 0.15) is 11.6 Å². The number of nitrogens with one attached hydrogen (secondary N) is 2. The Bertz CT molecular complexity index is 1100. The summed E-state index contributed by atoms with van der Waals surface area (Å²) < 4.78 is 6.31. The summed E-state index contributed by atoms with van der Waals surface area (Å²) in [4.78, 5) is 41.6. The number of benzene rings is 2. The maximum atomic E-state index is 13.5. The number of halogens is 1. The van der Waals surface area contributed by atoms with Crippen LogP contribution >= 0.6 is 11.6 Å². The van der Waals surface area contributed by atoms with Crippen molar-refractivity contribution in [2.24, 2.45) is 11.8 Å². The first-order chi connectivity index (χ1) is 16.0. The van der Waals surface area contributed by atoms with Crippen LogP contribution in [0.15, 0.2) is 54.6 Å². The highest BCUT2D eigenvalue weighted by atomic mass is 35.5. The molecule has 3 N–H and O–H groups in total. The van der Waals surface area contributed by atoms with Gasteiger partial charge in [-0.3, -0.25) is 14.4 Å². The van der Waals surface area contributed by atoms with Crippen LogP contribution in [-0.2, 0) is 19.1 Å². The Morgan fingerprint density at radius 3 is 2.55 bits per heavy atom. The van der Waals surface area contributed by atoms with E-state index in [1.54, 1.807) is 36.4 Å². The molecule has 172 valence electrons. The van der Waals surface area contributed by atoms with Gasteiger partial charge < -0.3 is 25.4 Å². The Labute approximate surface area is 195 Å². The SMILES string of the molecule is O=C(Nc1ccccc1Cl)C1N(CCO)C(=O)[C@@H]2[C@H](C(=O)Nc3ccccc3)[C@@H]3CCC12O3. The lowest BCUT2D eigenvalue weighted by molar-refractivity contribution is -0.140. The van der Waals surface area contributed by atoms with Gasteiger partial charge in [0.15, 0.2) is 0 Å². The van der Waals surface area contributed by atoms with E-state index in [1.807, 2.05) is 18.2 Å². The van der Waals surface area contributed by atoms with Crippen LogP contribution in [0.3, 0.4) is 0 Å². The predicted octanol–water partition coefficient (Wildman–Crippen LogP) is 2.28. The second-order valence-corrected chi connectivity index (χ2v) is 9.04. The van der Waals surface area contributed by atoms with Gasteiger partial charge in [0.05, 0.1) is 35.3 Å². The molecule has 0 aliphatic carbocycles. The lowest BCUT2D eigenvalue weighted by Crippen LogP contribution is -2.53. The van der Waals surface area contributed by atoms with Crippen molar-refractivity contribution in [1.82, 2.24) is 4.90 Å². The molecule has 1 spiro atoms. The molecule has 8 nitrogen and oxygen atoms in total. The second kappa shape index (κ2) is 8.44. The minimum atomic E-state index is -1.12. The van der Waals surface area contributed by atoms with Crippen molar-refractivity contribution in [2.45, 2.75) is 30.6 Å². The number of para-hydroxylation sites is 2. The third-order valence-corrected chi connectivity index (χ3v) is 7.19. The molecule has 0 radical (unpaired) electrons. The van der Waals surface area contributed by atoms with Crippen LogP contribution in [0, 0.1) is 11.8 Å². The average Bonchev–Trinajstić information content (AvgIpc) is 3.44. The summed E-state index contributed by atoms with van der Waals surface area (Å²) in [6, 6.07) is 14.9. The van der Waals surface area contributed by atoms with Crippen molar-refractivity contribution in [3.63, 3.8) is 0 Å². The van der Waals surface area contributed by atoms with Crippen LogP contribution in [0.4, 0.5) is 11.4 Å². The van der Waals surface area contributed by atoms with Crippen molar-refractivity contribution in [2.75, 3.05) is 23.8 Å². The van der Waals surface area contributed by atoms with Crippen molar-refractivity contribution >= 4 is 40.7 Å².